The molecule has 0 aliphatic heterocycles. The molecule has 6 heteroatoms. The van der Waals surface area contributed by atoms with E-state index in [0.717, 1.165) is 103 Å². The quantitative estimate of drug-likeness (QED) is 0.0199. The van der Waals surface area contributed by atoms with Crippen molar-refractivity contribution in [1.29, 1.82) is 0 Å². The molecule has 1 unspecified atom stereocenters. The molecule has 0 fully saturated rings. The lowest BCUT2D eigenvalue weighted by Crippen LogP contribution is -2.30. The van der Waals surface area contributed by atoms with E-state index in [2.05, 4.69) is 81.5 Å². The van der Waals surface area contributed by atoms with Crippen molar-refractivity contribution in [1.82, 2.24) is 0 Å². The Morgan fingerprint density at radius 1 is 0.310 bits per heavy atom. The van der Waals surface area contributed by atoms with E-state index in [4.69, 9.17) is 14.2 Å². The number of rotatable bonds is 50. The van der Waals surface area contributed by atoms with Crippen molar-refractivity contribution >= 4 is 17.9 Å². The number of ether oxygens (including phenoxy) is 3. The van der Waals surface area contributed by atoms with Crippen LogP contribution in [0.5, 0.6) is 0 Å². The minimum absolute atomic E-state index is 0.112. The summed E-state index contributed by atoms with van der Waals surface area (Å²) in [5.41, 5.74) is 0. The summed E-state index contributed by atoms with van der Waals surface area (Å²) in [6.45, 7) is 6.32. The van der Waals surface area contributed by atoms with Crippen molar-refractivity contribution in [3.63, 3.8) is 0 Å². The highest BCUT2D eigenvalue weighted by Crippen LogP contribution is 2.16. The van der Waals surface area contributed by atoms with Gasteiger partial charge in [0.05, 0.1) is 0 Å². The molecule has 0 saturated carbocycles. The highest BCUT2D eigenvalue weighted by Gasteiger charge is 2.19. The van der Waals surface area contributed by atoms with Crippen molar-refractivity contribution in [2.75, 3.05) is 13.2 Å². The lowest BCUT2D eigenvalue weighted by Gasteiger charge is -2.18. The molecule has 0 amide bonds. The van der Waals surface area contributed by atoms with Gasteiger partial charge in [0.25, 0.3) is 0 Å². The summed E-state index contributed by atoms with van der Waals surface area (Å²) in [6, 6.07) is 0. The SMILES string of the molecule is CC\C=C/C=C\C=C/C=C\C=C\C=C/C=C\CCCCCC(=O)OCC(COC(=O)CCCCC/C=C\C/C=C\C/C=C\C/C=C\CC)OC(=O)CCCCCCCCCCCCCCCCCCCC. The number of allylic oxidation sites excluding steroid dienone is 22. The Morgan fingerprint density at radius 2 is 0.620 bits per heavy atom. The first-order chi connectivity index (χ1) is 35.0. The molecule has 6 nitrogen and oxygen atoms in total. The first-order valence-corrected chi connectivity index (χ1v) is 28.8. The van der Waals surface area contributed by atoms with E-state index in [1.165, 1.54) is 96.3 Å². The summed E-state index contributed by atoms with van der Waals surface area (Å²) in [6.07, 6.45) is 81.5. The summed E-state index contributed by atoms with van der Waals surface area (Å²) >= 11 is 0. The molecule has 1 atom stereocenters. The lowest BCUT2D eigenvalue weighted by molar-refractivity contribution is -0.167. The molecule has 0 aromatic rings. The smallest absolute Gasteiger partial charge is 0.306 e. The number of esters is 3. The maximum atomic E-state index is 12.9. The molecule has 0 aromatic carbocycles. The Hall–Kier alpha value is -4.45. The molecule has 400 valence electrons. The van der Waals surface area contributed by atoms with Crippen molar-refractivity contribution in [2.24, 2.45) is 0 Å². The average Bonchev–Trinajstić information content (AvgIpc) is 3.37. The second kappa shape index (κ2) is 58.1. The van der Waals surface area contributed by atoms with Crippen LogP contribution < -0.4 is 0 Å². The summed E-state index contributed by atoms with van der Waals surface area (Å²) in [5, 5.41) is 0. The zero-order valence-corrected chi connectivity index (χ0v) is 45.7. The average molecular weight is 982 g/mol. The molecule has 0 radical (unpaired) electrons. The molecule has 0 N–H and O–H groups in total. The highest BCUT2D eigenvalue weighted by atomic mass is 16.6. The molecule has 0 aliphatic carbocycles. The van der Waals surface area contributed by atoms with Crippen LogP contribution in [0.2, 0.25) is 0 Å². The molecular formula is C65H104O6. The number of hydrogen-bond acceptors (Lipinski definition) is 6. The minimum Gasteiger partial charge on any atom is -0.462 e. The van der Waals surface area contributed by atoms with E-state index in [0.29, 0.717) is 19.3 Å². The molecule has 0 heterocycles. The fourth-order valence-electron chi connectivity index (χ4n) is 7.59. The summed E-state index contributed by atoms with van der Waals surface area (Å²) in [5.74, 6) is -0.986. The monoisotopic (exact) mass is 981 g/mol. The van der Waals surface area contributed by atoms with Gasteiger partial charge in [0.15, 0.2) is 6.10 Å². The standard InChI is InChI=1S/C65H104O6/c1-4-7-10-13-16-19-22-25-28-31-33-35-37-40-43-46-49-52-55-58-64(67)70-61-62(60-69-63(66)57-54-51-48-45-42-39-36-30-27-24-21-18-15-12-9-6-3)71-65(68)59-56-53-50-47-44-41-38-34-32-29-26-23-20-17-14-11-8-5-2/h7,9-10,12-13,16,18-19,21-22,25,27-28,30-31,33,35,37,39-40,42-43,62H,4-6,8,11,14-15,17,20,23-24,26,29,32,34,36,38,41,44-61H2,1-3H3/b10-7-,12-9-,16-13-,21-18-,22-19-,28-25-,30-27-,33-31+,37-35-,42-39-,43-40-. The Labute approximate surface area is 436 Å². The number of hydrogen-bond donors (Lipinski definition) is 0. The van der Waals surface area contributed by atoms with Gasteiger partial charge in [0.2, 0.25) is 0 Å². The fraction of sp³-hybridized carbons (Fsp3) is 0.615. The number of carbonyl (C=O) groups is 3. The molecule has 0 aromatic heterocycles. The van der Waals surface area contributed by atoms with Crippen LogP contribution >= 0.6 is 0 Å². The van der Waals surface area contributed by atoms with E-state index in [9.17, 15) is 14.4 Å². The van der Waals surface area contributed by atoms with Crippen molar-refractivity contribution in [2.45, 2.75) is 245 Å². The van der Waals surface area contributed by atoms with Gasteiger partial charge in [0.1, 0.15) is 13.2 Å². The summed E-state index contributed by atoms with van der Waals surface area (Å²) in [4.78, 5) is 38.2. The molecular weight excluding hydrogens is 877 g/mol. The maximum Gasteiger partial charge on any atom is 0.306 e. The normalized spacial score (nSPS) is 13.1. The number of carbonyl (C=O) groups excluding carboxylic acids is 3. The molecule has 0 saturated heterocycles. The van der Waals surface area contributed by atoms with Crippen LogP contribution in [-0.4, -0.2) is 37.2 Å². The third-order valence-electron chi connectivity index (χ3n) is 11.8. The summed E-state index contributed by atoms with van der Waals surface area (Å²) < 4.78 is 16.8. The molecule has 0 spiro atoms. The Kier molecular flexibility index (Phi) is 54.5. The molecule has 0 bridgehead atoms. The molecule has 0 rings (SSSR count). The topological polar surface area (TPSA) is 78.9 Å². The van der Waals surface area contributed by atoms with Gasteiger partial charge in [-0.2, -0.15) is 0 Å². The van der Waals surface area contributed by atoms with Crippen molar-refractivity contribution in [3.8, 4) is 0 Å². The second-order valence-corrected chi connectivity index (χ2v) is 18.6. The lowest BCUT2D eigenvalue weighted by atomic mass is 10.0. The van der Waals surface area contributed by atoms with Crippen LogP contribution in [0.4, 0.5) is 0 Å². The van der Waals surface area contributed by atoms with E-state index >= 15 is 0 Å². The van der Waals surface area contributed by atoms with Gasteiger partial charge in [-0.3, -0.25) is 14.4 Å². The number of unbranched alkanes of at least 4 members (excludes halogenated alkanes) is 23. The predicted octanol–water partition coefficient (Wildman–Crippen LogP) is 19.4. The van der Waals surface area contributed by atoms with Crippen LogP contribution in [-0.2, 0) is 28.6 Å². The second-order valence-electron chi connectivity index (χ2n) is 18.6. The highest BCUT2D eigenvalue weighted by molar-refractivity contribution is 5.71. The Morgan fingerprint density at radius 3 is 1.03 bits per heavy atom. The Balaban J connectivity index is 4.54. The van der Waals surface area contributed by atoms with Gasteiger partial charge in [0, 0.05) is 19.3 Å². The van der Waals surface area contributed by atoms with E-state index in [1.54, 1.807) is 0 Å². The van der Waals surface area contributed by atoms with Crippen LogP contribution in [0.1, 0.15) is 239 Å². The van der Waals surface area contributed by atoms with E-state index in [-0.39, 0.29) is 31.1 Å². The third kappa shape index (κ3) is 56.3. The Bertz CT molecular complexity index is 1550. The van der Waals surface area contributed by atoms with Gasteiger partial charge in [-0.25, -0.2) is 0 Å². The van der Waals surface area contributed by atoms with E-state index in [1.807, 2.05) is 72.9 Å². The van der Waals surface area contributed by atoms with Crippen LogP contribution in [0.3, 0.4) is 0 Å². The van der Waals surface area contributed by atoms with Crippen molar-refractivity contribution in [3.05, 3.63) is 134 Å². The fourth-order valence-corrected chi connectivity index (χ4v) is 7.59. The van der Waals surface area contributed by atoms with Gasteiger partial charge in [-0.15, -0.1) is 0 Å². The summed E-state index contributed by atoms with van der Waals surface area (Å²) in [7, 11) is 0. The van der Waals surface area contributed by atoms with Gasteiger partial charge in [-0.05, 0) is 77.0 Å². The maximum absolute atomic E-state index is 12.9. The van der Waals surface area contributed by atoms with Gasteiger partial charge < -0.3 is 14.2 Å². The van der Waals surface area contributed by atoms with Gasteiger partial charge in [-0.1, -0.05) is 276 Å². The minimum atomic E-state index is -0.814. The third-order valence-corrected chi connectivity index (χ3v) is 11.8. The van der Waals surface area contributed by atoms with E-state index < -0.39 is 6.10 Å². The molecule has 0 aliphatic rings. The largest absolute Gasteiger partial charge is 0.462 e. The van der Waals surface area contributed by atoms with Crippen LogP contribution in [0.25, 0.3) is 0 Å². The van der Waals surface area contributed by atoms with Crippen LogP contribution in [0, 0.1) is 0 Å². The predicted molar refractivity (Wildman–Crippen MR) is 306 cm³/mol. The zero-order valence-electron chi connectivity index (χ0n) is 45.7. The molecule has 71 heavy (non-hydrogen) atoms. The first-order valence-electron chi connectivity index (χ1n) is 28.8. The van der Waals surface area contributed by atoms with Gasteiger partial charge >= 0.3 is 17.9 Å². The van der Waals surface area contributed by atoms with Crippen LogP contribution in [0.15, 0.2) is 134 Å². The van der Waals surface area contributed by atoms with Crippen molar-refractivity contribution < 1.29 is 28.6 Å². The first kappa shape index (κ1) is 66.6. The zero-order chi connectivity index (χ0) is 51.4.